The van der Waals surface area contributed by atoms with Crippen LogP contribution in [0.25, 0.3) is 22.6 Å². The van der Waals surface area contributed by atoms with Crippen LogP contribution in [-0.2, 0) is 10.0 Å². The second kappa shape index (κ2) is 8.14. The summed E-state index contributed by atoms with van der Waals surface area (Å²) in [5.41, 5.74) is 3.82. The quantitative estimate of drug-likeness (QED) is 0.461. The molecule has 0 bridgehead atoms. The number of thiazole rings is 1. The van der Waals surface area contributed by atoms with Crippen LogP contribution in [0.5, 0.6) is 0 Å². The number of nitrogens with one attached hydrogen (secondary N) is 1. The number of rotatable bonds is 5. The van der Waals surface area contributed by atoms with Gasteiger partial charge in [-0.05, 0) is 62.4 Å². The first-order valence-corrected chi connectivity index (χ1v) is 11.6. The van der Waals surface area contributed by atoms with E-state index in [0.717, 1.165) is 5.56 Å². The molecule has 2 aromatic heterocycles. The minimum absolute atomic E-state index is 0.0609. The number of primary sulfonamides is 1. The number of hydrogen-bond donors (Lipinski definition) is 2. The fourth-order valence-electron chi connectivity index (χ4n) is 3.08. The van der Waals surface area contributed by atoms with Crippen molar-refractivity contribution in [3.63, 3.8) is 0 Å². The van der Waals surface area contributed by atoms with Crippen LogP contribution < -0.4 is 10.5 Å². The minimum atomic E-state index is -3.98. The third-order valence-electron chi connectivity index (χ3n) is 4.40. The molecular formula is C21H18FN5O2S2. The van der Waals surface area contributed by atoms with Gasteiger partial charge in [0.15, 0.2) is 11.0 Å². The lowest BCUT2D eigenvalue weighted by molar-refractivity contribution is 0.598. The first-order valence-electron chi connectivity index (χ1n) is 9.17. The van der Waals surface area contributed by atoms with Crippen molar-refractivity contribution >= 4 is 32.2 Å². The van der Waals surface area contributed by atoms with Crippen molar-refractivity contribution in [3.05, 3.63) is 71.1 Å². The van der Waals surface area contributed by atoms with E-state index in [2.05, 4.69) is 20.3 Å². The highest BCUT2D eigenvalue weighted by atomic mass is 32.2. The molecule has 0 aliphatic heterocycles. The Morgan fingerprint density at radius 3 is 2.29 bits per heavy atom. The van der Waals surface area contributed by atoms with Gasteiger partial charge in [-0.15, -0.1) is 11.3 Å². The smallest absolute Gasteiger partial charge is 0.238 e. The van der Waals surface area contributed by atoms with E-state index in [1.54, 1.807) is 30.3 Å². The number of nitrogens with zero attached hydrogens (tertiary/aromatic N) is 3. The molecule has 4 aromatic rings. The first-order chi connectivity index (χ1) is 14.7. The van der Waals surface area contributed by atoms with Crippen molar-refractivity contribution in [1.29, 1.82) is 0 Å². The third kappa shape index (κ3) is 4.76. The number of aryl methyl sites for hydroxylation is 2. The van der Waals surface area contributed by atoms with Gasteiger partial charge in [0.25, 0.3) is 0 Å². The van der Waals surface area contributed by atoms with Crippen molar-refractivity contribution in [2.24, 2.45) is 5.14 Å². The van der Waals surface area contributed by atoms with Gasteiger partial charge in [-0.1, -0.05) is 0 Å². The van der Waals surface area contributed by atoms with Gasteiger partial charge in [0.2, 0.25) is 10.0 Å². The number of hydrogen-bond acceptors (Lipinski definition) is 7. The molecule has 0 saturated heterocycles. The van der Waals surface area contributed by atoms with Gasteiger partial charge in [0.05, 0.1) is 10.6 Å². The molecule has 7 nitrogen and oxygen atoms in total. The Morgan fingerprint density at radius 2 is 1.65 bits per heavy atom. The molecule has 31 heavy (non-hydrogen) atoms. The second-order valence-corrected chi connectivity index (χ2v) is 9.29. The van der Waals surface area contributed by atoms with Gasteiger partial charge < -0.3 is 5.32 Å². The summed E-state index contributed by atoms with van der Waals surface area (Å²) < 4.78 is 37.4. The van der Waals surface area contributed by atoms with Gasteiger partial charge in [-0.3, -0.25) is 0 Å². The van der Waals surface area contributed by atoms with Crippen LogP contribution in [0.3, 0.4) is 0 Å². The van der Waals surface area contributed by atoms with Crippen LogP contribution in [0.1, 0.15) is 11.4 Å². The lowest BCUT2D eigenvalue weighted by atomic mass is 10.1. The topological polar surface area (TPSA) is 111 Å². The Kier molecular flexibility index (Phi) is 5.52. The highest BCUT2D eigenvalue weighted by Gasteiger charge is 2.19. The second-order valence-electron chi connectivity index (χ2n) is 6.90. The molecule has 3 N–H and O–H groups in total. The molecule has 2 aromatic carbocycles. The molecule has 0 spiro atoms. The van der Waals surface area contributed by atoms with Crippen LogP contribution in [0, 0.1) is 19.7 Å². The molecule has 4 rings (SSSR count). The Hall–Kier alpha value is -3.21. The molecule has 0 saturated carbocycles. The van der Waals surface area contributed by atoms with Crippen LogP contribution in [0.2, 0.25) is 0 Å². The van der Waals surface area contributed by atoms with E-state index in [1.165, 1.54) is 29.5 Å². The van der Waals surface area contributed by atoms with E-state index in [9.17, 15) is 12.8 Å². The SMILES string of the molecule is Cc1cc(C)nc(-c2cc(Nc3nc(-c4ccc(F)cc4)cs3)ccc2S(N)(=O)=O)n1. The van der Waals surface area contributed by atoms with Crippen molar-refractivity contribution in [2.45, 2.75) is 18.7 Å². The van der Waals surface area contributed by atoms with E-state index in [4.69, 9.17) is 5.14 Å². The summed E-state index contributed by atoms with van der Waals surface area (Å²) in [5.74, 6) is -0.0373. The zero-order chi connectivity index (χ0) is 22.2. The highest BCUT2D eigenvalue weighted by Crippen LogP contribution is 2.31. The van der Waals surface area contributed by atoms with Crippen molar-refractivity contribution in [2.75, 3.05) is 5.32 Å². The average Bonchev–Trinajstić information content (AvgIpc) is 3.15. The summed E-state index contributed by atoms with van der Waals surface area (Å²) in [6.45, 7) is 3.62. The van der Waals surface area contributed by atoms with Crippen molar-refractivity contribution < 1.29 is 12.8 Å². The molecule has 0 atom stereocenters. The summed E-state index contributed by atoms with van der Waals surface area (Å²) >= 11 is 1.37. The average molecular weight is 456 g/mol. The van der Waals surface area contributed by atoms with Crippen LogP contribution in [0.4, 0.5) is 15.2 Å². The molecule has 0 amide bonds. The van der Waals surface area contributed by atoms with Gasteiger partial charge in [0.1, 0.15) is 5.82 Å². The monoisotopic (exact) mass is 455 g/mol. The summed E-state index contributed by atoms with van der Waals surface area (Å²) in [6, 6.07) is 12.5. The van der Waals surface area contributed by atoms with Gasteiger partial charge in [-0.25, -0.2) is 32.9 Å². The summed E-state index contributed by atoms with van der Waals surface area (Å²) in [7, 11) is -3.98. The fourth-order valence-corrected chi connectivity index (χ4v) is 4.54. The maximum atomic E-state index is 13.1. The Bertz CT molecular complexity index is 1350. The molecule has 158 valence electrons. The number of nitrogens with two attached hydrogens (primary N) is 1. The maximum Gasteiger partial charge on any atom is 0.238 e. The number of benzene rings is 2. The largest absolute Gasteiger partial charge is 0.332 e. The highest BCUT2D eigenvalue weighted by molar-refractivity contribution is 7.89. The molecule has 0 aliphatic carbocycles. The number of sulfonamides is 1. The van der Waals surface area contributed by atoms with Crippen LogP contribution >= 0.6 is 11.3 Å². The van der Waals surface area contributed by atoms with Crippen molar-refractivity contribution in [1.82, 2.24) is 15.0 Å². The van der Waals surface area contributed by atoms with Gasteiger partial charge in [0, 0.05) is 33.6 Å². The molecule has 2 heterocycles. The van der Waals surface area contributed by atoms with Gasteiger partial charge >= 0.3 is 0 Å². The van der Waals surface area contributed by atoms with Gasteiger partial charge in [-0.2, -0.15) is 0 Å². The predicted octanol–water partition coefficient (Wildman–Crippen LogP) is 4.41. The molecule has 10 heteroatoms. The van der Waals surface area contributed by atoms with Crippen LogP contribution in [-0.4, -0.2) is 23.4 Å². The standard InChI is InChI=1S/C21H18FN5O2S2/c1-12-9-13(2)25-20(24-12)17-10-16(7-8-19(17)31(23,28)29)26-21-27-18(11-30-21)14-3-5-15(22)6-4-14/h3-11H,1-2H3,(H,26,27)(H2,23,28,29). The Labute approximate surface area is 182 Å². The maximum absolute atomic E-state index is 13.1. The molecular weight excluding hydrogens is 437 g/mol. The van der Waals surface area contributed by atoms with Crippen molar-refractivity contribution in [3.8, 4) is 22.6 Å². The zero-order valence-electron chi connectivity index (χ0n) is 16.6. The number of halogens is 1. The van der Waals surface area contributed by atoms with E-state index in [1.807, 2.05) is 19.2 Å². The zero-order valence-corrected chi connectivity index (χ0v) is 18.3. The Balaban J connectivity index is 1.71. The normalized spacial score (nSPS) is 11.5. The summed E-state index contributed by atoms with van der Waals surface area (Å²) in [4.78, 5) is 13.2. The first kappa shape index (κ1) is 21.0. The Morgan fingerprint density at radius 1 is 0.968 bits per heavy atom. The number of anilines is 2. The van der Waals surface area contributed by atoms with Crippen LogP contribution in [0.15, 0.2) is 58.8 Å². The molecule has 0 aliphatic rings. The predicted molar refractivity (Wildman–Crippen MR) is 119 cm³/mol. The summed E-state index contributed by atoms with van der Waals surface area (Å²) in [6.07, 6.45) is 0. The molecule has 0 fully saturated rings. The third-order valence-corrected chi connectivity index (χ3v) is 6.13. The minimum Gasteiger partial charge on any atom is -0.332 e. The lowest BCUT2D eigenvalue weighted by Gasteiger charge is -2.11. The molecule has 0 unspecified atom stereocenters. The van der Waals surface area contributed by atoms with E-state index in [0.29, 0.717) is 33.5 Å². The summed E-state index contributed by atoms with van der Waals surface area (Å²) in [5, 5.41) is 11.0. The number of aromatic nitrogens is 3. The fraction of sp³-hybridized carbons (Fsp3) is 0.0952. The molecule has 0 radical (unpaired) electrons. The van der Waals surface area contributed by atoms with E-state index in [-0.39, 0.29) is 16.5 Å². The lowest BCUT2D eigenvalue weighted by Crippen LogP contribution is -2.14. The van der Waals surface area contributed by atoms with E-state index < -0.39 is 10.0 Å². The van der Waals surface area contributed by atoms with E-state index >= 15 is 0 Å².